The first-order valence-electron chi connectivity index (χ1n) is 11.0. The minimum Gasteiger partial charge on any atom is -0.444 e. The van der Waals surface area contributed by atoms with Crippen LogP contribution < -0.4 is 0 Å². The van der Waals surface area contributed by atoms with Gasteiger partial charge in [0.1, 0.15) is 31.3 Å². The van der Waals surface area contributed by atoms with E-state index in [-0.39, 0.29) is 28.9 Å². The van der Waals surface area contributed by atoms with Gasteiger partial charge < -0.3 is 14.4 Å². The zero-order valence-electron chi connectivity index (χ0n) is 19.7. The van der Waals surface area contributed by atoms with Crippen LogP contribution in [0.1, 0.15) is 39.2 Å². The molecule has 0 aliphatic carbocycles. The smallest absolute Gasteiger partial charge is 0.444 e. The summed E-state index contributed by atoms with van der Waals surface area (Å²) in [6.45, 7) is 14.8. The Hall–Kier alpha value is -3.20. The van der Waals surface area contributed by atoms with E-state index in [1.54, 1.807) is 29.2 Å². The van der Waals surface area contributed by atoms with Gasteiger partial charge in [0.2, 0.25) is 0 Å². The van der Waals surface area contributed by atoms with Crippen molar-refractivity contribution in [3.8, 4) is 0 Å². The van der Waals surface area contributed by atoms with E-state index in [0.717, 1.165) is 0 Å². The van der Waals surface area contributed by atoms with Gasteiger partial charge in [-0.15, -0.1) is 0 Å². The number of hydrogen-bond donors (Lipinski definition) is 0. The van der Waals surface area contributed by atoms with Crippen LogP contribution >= 0.6 is 0 Å². The Bertz CT molecular complexity index is 857. The summed E-state index contributed by atoms with van der Waals surface area (Å²) < 4.78 is 11.1. The lowest BCUT2D eigenvalue weighted by Gasteiger charge is -2.43. The fraction of sp³-hybridized carbons (Fsp3) is 0.500. The van der Waals surface area contributed by atoms with Crippen LogP contribution in [0.25, 0.3) is 0 Å². The number of non-ortho nitro benzene ring substituents is 1. The molecule has 1 saturated heterocycles. The molecule has 1 aliphatic heterocycles. The second-order valence-corrected chi connectivity index (χ2v) is 9.15. The second kappa shape index (κ2) is 11.1. The Labute approximate surface area is 195 Å². The number of nitro benzene ring substituents is 1. The van der Waals surface area contributed by atoms with Crippen molar-refractivity contribution in [2.45, 2.75) is 51.9 Å². The molecular weight excluding hydrogens is 426 g/mol. The molecule has 2 rings (SSSR count). The Balaban J connectivity index is 2.11. The van der Waals surface area contributed by atoms with Gasteiger partial charge in [0, 0.05) is 38.1 Å². The molecular formula is C24H34N3O6+. The number of likely N-dealkylation sites (tertiary alicyclic amines) is 1. The van der Waals surface area contributed by atoms with Crippen molar-refractivity contribution in [2.24, 2.45) is 0 Å². The fourth-order valence-electron chi connectivity index (χ4n) is 3.99. The topological polar surface area (TPSA) is 99.0 Å². The number of nitro groups is 1. The molecule has 9 heteroatoms. The van der Waals surface area contributed by atoms with Crippen molar-refractivity contribution < 1.29 is 28.5 Å². The van der Waals surface area contributed by atoms with Crippen molar-refractivity contribution in [1.29, 1.82) is 0 Å². The molecule has 0 aromatic heterocycles. The maximum Gasteiger partial charge on any atom is 0.517 e. The Kier molecular flexibility index (Phi) is 8.76. The number of carbonyl (C=O) groups is 2. The predicted molar refractivity (Wildman–Crippen MR) is 124 cm³/mol. The standard InChI is InChI=1S/C24H34N3O6/c1-6-16-27(17-7-2,21-12-14-25(15-13-21)22(28)33-24(3,4)5)23(29)32-18-19-8-10-20(11-9-19)26(30)31/h6-11,21H,1-2,12-18H2,3-5H3/q+1. The van der Waals surface area contributed by atoms with E-state index in [1.807, 2.05) is 20.8 Å². The number of rotatable bonds is 8. The zero-order valence-corrected chi connectivity index (χ0v) is 19.7. The van der Waals surface area contributed by atoms with Crippen LogP contribution in [-0.4, -0.2) is 64.3 Å². The third-order valence-corrected chi connectivity index (χ3v) is 5.60. The summed E-state index contributed by atoms with van der Waals surface area (Å²) in [6, 6.07) is 5.82. The molecule has 0 spiro atoms. The molecule has 0 N–H and O–H groups in total. The summed E-state index contributed by atoms with van der Waals surface area (Å²) >= 11 is 0. The van der Waals surface area contributed by atoms with E-state index in [9.17, 15) is 19.7 Å². The molecule has 1 heterocycles. The predicted octanol–water partition coefficient (Wildman–Crippen LogP) is 4.82. The first kappa shape index (κ1) is 26.1. The normalized spacial score (nSPS) is 14.9. The molecule has 0 saturated carbocycles. The summed E-state index contributed by atoms with van der Waals surface area (Å²) in [5.41, 5.74) is 0.0652. The maximum absolute atomic E-state index is 13.3. The largest absolute Gasteiger partial charge is 0.517 e. The van der Waals surface area contributed by atoms with Crippen LogP contribution in [-0.2, 0) is 16.1 Å². The molecule has 33 heavy (non-hydrogen) atoms. The Morgan fingerprint density at radius 2 is 1.70 bits per heavy atom. The lowest BCUT2D eigenvalue weighted by Crippen LogP contribution is -2.62. The monoisotopic (exact) mass is 460 g/mol. The van der Waals surface area contributed by atoms with Gasteiger partial charge in [-0.05, 0) is 50.6 Å². The highest BCUT2D eigenvalue weighted by Gasteiger charge is 2.46. The first-order valence-corrected chi connectivity index (χ1v) is 11.0. The van der Waals surface area contributed by atoms with Crippen molar-refractivity contribution in [3.05, 3.63) is 65.3 Å². The van der Waals surface area contributed by atoms with Crippen LogP contribution in [0.4, 0.5) is 15.3 Å². The molecule has 0 unspecified atom stereocenters. The number of quaternary nitrogens is 1. The summed E-state index contributed by atoms with van der Waals surface area (Å²) in [7, 11) is 0. The molecule has 0 radical (unpaired) electrons. The Morgan fingerprint density at radius 1 is 1.15 bits per heavy atom. The SMILES string of the molecule is C=CC[N+](CC=C)(C(=O)OCc1ccc([N+](=O)[O-])cc1)C1CCN(C(=O)OC(C)(C)C)CC1. The van der Waals surface area contributed by atoms with Gasteiger partial charge in [0.15, 0.2) is 0 Å². The molecule has 0 bridgehead atoms. The van der Waals surface area contributed by atoms with Gasteiger partial charge in [-0.1, -0.05) is 13.2 Å². The van der Waals surface area contributed by atoms with Crippen molar-refractivity contribution in [1.82, 2.24) is 4.90 Å². The maximum atomic E-state index is 13.3. The van der Waals surface area contributed by atoms with Gasteiger partial charge in [-0.25, -0.2) is 9.28 Å². The van der Waals surface area contributed by atoms with Crippen LogP contribution in [0.2, 0.25) is 0 Å². The molecule has 180 valence electrons. The number of ether oxygens (including phenoxy) is 2. The zero-order chi connectivity index (χ0) is 24.6. The van der Waals surface area contributed by atoms with Gasteiger partial charge >= 0.3 is 12.2 Å². The minimum atomic E-state index is -0.568. The average molecular weight is 461 g/mol. The van der Waals surface area contributed by atoms with E-state index in [2.05, 4.69) is 13.2 Å². The first-order chi connectivity index (χ1) is 15.5. The summed E-state index contributed by atoms with van der Waals surface area (Å²) in [4.78, 5) is 37.8. The highest BCUT2D eigenvalue weighted by atomic mass is 16.6. The molecule has 9 nitrogen and oxygen atoms in total. The van der Waals surface area contributed by atoms with E-state index in [1.165, 1.54) is 12.1 Å². The van der Waals surface area contributed by atoms with E-state index >= 15 is 0 Å². The number of amides is 2. The minimum absolute atomic E-state index is 0.00185. The van der Waals surface area contributed by atoms with Crippen LogP contribution in [0.3, 0.4) is 0 Å². The summed E-state index contributed by atoms with van der Waals surface area (Å²) in [5.74, 6) is 0. The van der Waals surface area contributed by atoms with Gasteiger partial charge in [0.25, 0.3) is 5.69 Å². The quantitative estimate of drug-likeness (QED) is 0.239. The van der Waals surface area contributed by atoms with Gasteiger partial charge in [-0.2, -0.15) is 4.79 Å². The molecule has 0 atom stereocenters. The van der Waals surface area contributed by atoms with Crippen molar-refractivity contribution in [3.63, 3.8) is 0 Å². The highest BCUT2D eigenvalue weighted by Crippen LogP contribution is 2.28. The lowest BCUT2D eigenvalue weighted by molar-refractivity contribution is -0.873. The van der Waals surface area contributed by atoms with Crippen LogP contribution in [0.15, 0.2) is 49.6 Å². The number of benzene rings is 1. The molecule has 1 aliphatic rings. The van der Waals surface area contributed by atoms with Crippen molar-refractivity contribution in [2.75, 3.05) is 26.2 Å². The highest BCUT2D eigenvalue weighted by molar-refractivity contribution is 5.68. The number of carbonyl (C=O) groups excluding carboxylic acids is 2. The number of piperidine rings is 1. The molecule has 1 aromatic rings. The van der Waals surface area contributed by atoms with Crippen LogP contribution in [0.5, 0.6) is 0 Å². The van der Waals surface area contributed by atoms with E-state index in [4.69, 9.17) is 9.47 Å². The summed E-state index contributed by atoms with van der Waals surface area (Å²) in [6.07, 6.45) is 3.82. The van der Waals surface area contributed by atoms with Gasteiger partial charge in [0.05, 0.1) is 4.92 Å². The van der Waals surface area contributed by atoms with Gasteiger partial charge in [-0.3, -0.25) is 10.1 Å². The van der Waals surface area contributed by atoms with E-state index in [0.29, 0.717) is 44.6 Å². The van der Waals surface area contributed by atoms with Crippen LogP contribution in [0, 0.1) is 10.1 Å². The summed E-state index contributed by atoms with van der Waals surface area (Å²) in [5, 5.41) is 10.8. The lowest BCUT2D eigenvalue weighted by atomic mass is 10.00. The van der Waals surface area contributed by atoms with Crippen molar-refractivity contribution >= 4 is 17.9 Å². The third kappa shape index (κ3) is 6.89. The third-order valence-electron chi connectivity index (χ3n) is 5.60. The molecule has 2 amide bonds. The molecule has 1 fully saturated rings. The number of nitrogens with zero attached hydrogens (tertiary/aromatic N) is 3. The van der Waals surface area contributed by atoms with E-state index < -0.39 is 16.6 Å². The number of hydrogen-bond acceptors (Lipinski definition) is 6. The Morgan fingerprint density at radius 3 is 2.15 bits per heavy atom. The molecule has 1 aromatic carbocycles. The average Bonchev–Trinajstić information content (AvgIpc) is 2.76. The fourth-order valence-corrected chi connectivity index (χ4v) is 3.99. The second-order valence-electron chi connectivity index (χ2n) is 9.15.